The molecule has 3 atom stereocenters. The lowest BCUT2D eigenvalue weighted by atomic mass is 9.68. The van der Waals surface area contributed by atoms with E-state index in [1.807, 2.05) is 19.2 Å². The third-order valence-electron chi connectivity index (χ3n) is 6.62. The number of halogens is 1. The number of aliphatic imine (C=N–C) groups is 1. The summed E-state index contributed by atoms with van der Waals surface area (Å²) < 4.78 is 12.6. The molecule has 1 saturated carbocycles. The minimum absolute atomic E-state index is 0.0172. The molecule has 3 unspecified atom stereocenters. The second-order valence-corrected chi connectivity index (χ2v) is 11.1. The molecule has 0 radical (unpaired) electrons. The fourth-order valence-electron chi connectivity index (χ4n) is 5.24. The van der Waals surface area contributed by atoms with E-state index in [2.05, 4.69) is 32.8 Å². The van der Waals surface area contributed by atoms with Crippen LogP contribution in [-0.4, -0.2) is 28.0 Å². The lowest BCUT2D eigenvalue weighted by Crippen LogP contribution is -2.41. The standard InChI is InChI=1S/C26H30BrN3O5S/c1-5-7-16-8-20-24(21(31)9-16)23(25(30(32)33)14(3)28-20)17-10-19(27)26(22(11-17)34-6-2)35-12-18-13-36-15(4)29-18/h10-11,13,16,23-24H,5-9,12H2,1-4H3. The predicted octanol–water partition coefficient (Wildman–Crippen LogP) is 6.63. The van der Waals surface area contributed by atoms with Gasteiger partial charge in [0.15, 0.2) is 11.5 Å². The van der Waals surface area contributed by atoms with Crippen LogP contribution < -0.4 is 9.47 Å². The molecule has 0 bridgehead atoms. The minimum atomic E-state index is -0.742. The van der Waals surface area contributed by atoms with Crippen LogP contribution in [0.15, 0.2) is 38.4 Å². The summed E-state index contributed by atoms with van der Waals surface area (Å²) in [5, 5.41) is 15.1. The van der Waals surface area contributed by atoms with E-state index in [1.165, 1.54) is 0 Å². The first kappa shape index (κ1) is 26.5. The number of nitrogens with zero attached hydrogens (tertiary/aromatic N) is 3. The molecule has 2 aliphatic rings. The van der Waals surface area contributed by atoms with Gasteiger partial charge in [-0.15, -0.1) is 11.3 Å². The first-order chi connectivity index (χ1) is 17.2. The zero-order valence-electron chi connectivity index (χ0n) is 20.9. The number of rotatable bonds is 9. The zero-order valence-corrected chi connectivity index (χ0v) is 23.3. The molecule has 36 heavy (non-hydrogen) atoms. The Balaban J connectivity index is 1.75. The molecule has 8 nitrogen and oxygen atoms in total. The molecule has 1 aliphatic heterocycles. The summed E-state index contributed by atoms with van der Waals surface area (Å²) in [6.07, 6.45) is 3.04. The van der Waals surface area contributed by atoms with Gasteiger partial charge >= 0.3 is 0 Å². The molecule has 1 aromatic carbocycles. The number of carbonyl (C=O) groups is 1. The average molecular weight is 577 g/mol. The molecule has 1 aliphatic carbocycles. The Labute approximate surface area is 223 Å². The highest BCUT2D eigenvalue weighted by atomic mass is 79.9. The number of fused-ring (bicyclic) bond motifs is 1. The fourth-order valence-corrected chi connectivity index (χ4v) is 6.41. The quantitative estimate of drug-likeness (QED) is 0.245. The van der Waals surface area contributed by atoms with Gasteiger partial charge in [-0.2, -0.15) is 0 Å². The smallest absolute Gasteiger partial charge is 0.275 e. The Kier molecular flexibility index (Phi) is 8.24. The lowest BCUT2D eigenvalue weighted by molar-refractivity contribution is -0.432. The topological polar surface area (TPSA) is 104 Å². The van der Waals surface area contributed by atoms with Gasteiger partial charge in [0.1, 0.15) is 18.1 Å². The van der Waals surface area contributed by atoms with Crippen LogP contribution >= 0.6 is 27.3 Å². The number of allylic oxidation sites excluding steroid dienone is 2. The van der Waals surface area contributed by atoms with Gasteiger partial charge in [-0.25, -0.2) is 4.98 Å². The minimum Gasteiger partial charge on any atom is -0.490 e. The van der Waals surface area contributed by atoms with Gasteiger partial charge < -0.3 is 9.47 Å². The molecular weight excluding hydrogens is 546 g/mol. The maximum Gasteiger partial charge on any atom is 0.275 e. The molecule has 4 rings (SSSR count). The molecule has 0 spiro atoms. The monoisotopic (exact) mass is 575 g/mol. The van der Waals surface area contributed by atoms with Crippen LogP contribution in [0.25, 0.3) is 0 Å². The number of nitro groups is 1. The second kappa shape index (κ2) is 11.2. The lowest BCUT2D eigenvalue weighted by Gasteiger charge is -2.36. The Morgan fingerprint density at radius 1 is 1.19 bits per heavy atom. The van der Waals surface area contributed by atoms with Crippen molar-refractivity contribution >= 4 is 38.8 Å². The third kappa shape index (κ3) is 5.39. The largest absolute Gasteiger partial charge is 0.490 e. The highest BCUT2D eigenvalue weighted by Crippen LogP contribution is 2.48. The van der Waals surface area contributed by atoms with E-state index >= 15 is 0 Å². The molecule has 1 fully saturated rings. The Morgan fingerprint density at radius 2 is 1.97 bits per heavy atom. The number of carbonyl (C=O) groups excluding carboxylic acids is 1. The van der Waals surface area contributed by atoms with Crippen LogP contribution in [0.5, 0.6) is 11.5 Å². The predicted molar refractivity (Wildman–Crippen MR) is 142 cm³/mol. The number of ether oxygens (including phenoxy) is 2. The van der Waals surface area contributed by atoms with E-state index in [1.54, 1.807) is 30.4 Å². The Bertz CT molecular complexity index is 1240. The van der Waals surface area contributed by atoms with Crippen LogP contribution in [-0.2, 0) is 11.4 Å². The first-order valence-corrected chi connectivity index (χ1v) is 13.9. The van der Waals surface area contributed by atoms with Gasteiger partial charge in [-0.1, -0.05) is 13.3 Å². The van der Waals surface area contributed by atoms with Crippen LogP contribution in [0.4, 0.5) is 0 Å². The van der Waals surface area contributed by atoms with E-state index < -0.39 is 16.8 Å². The molecule has 192 valence electrons. The summed E-state index contributed by atoms with van der Waals surface area (Å²) in [6, 6.07) is 3.58. The maximum atomic E-state index is 13.4. The van der Waals surface area contributed by atoms with Crippen molar-refractivity contribution in [2.75, 3.05) is 6.61 Å². The summed E-state index contributed by atoms with van der Waals surface area (Å²) in [6.45, 7) is 8.22. The van der Waals surface area contributed by atoms with Crippen molar-refractivity contribution in [1.82, 2.24) is 4.98 Å². The van der Waals surface area contributed by atoms with Gasteiger partial charge in [0.05, 0.1) is 38.5 Å². The van der Waals surface area contributed by atoms with E-state index in [0.29, 0.717) is 46.7 Å². The van der Waals surface area contributed by atoms with E-state index in [0.717, 1.165) is 29.3 Å². The molecule has 0 saturated heterocycles. The number of aromatic nitrogens is 1. The van der Waals surface area contributed by atoms with Gasteiger partial charge in [0, 0.05) is 17.5 Å². The van der Waals surface area contributed by atoms with Crippen molar-refractivity contribution in [2.45, 2.75) is 65.9 Å². The zero-order chi connectivity index (χ0) is 26.0. The summed E-state index contributed by atoms with van der Waals surface area (Å²) in [5.41, 5.74) is 2.52. The van der Waals surface area contributed by atoms with Crippen molar-refractivity contribution < 1.29 is 19.2 Å². The fraction of sp³-hybridized carbons (Fsp3) is 0.500. The molecule has 2 aromatic rings. The highest BCUT2D eigenvalue weighted by molar-refractivity contribution is 9.10. The SMILES string of the molecule is CCCC1CC(=O)C2C(=NC(C)=C([N+](=O)[O-])C2c2cc(Br)c(OCc3csc(C)n3)c(OCC)c2)C1. The molecule has 0 N–H and O–H groups in total. The van der Waals surface area contributed by atoms with Gasteiger partial charge in [0.2, 0.25) is 0 Å². The van der Waals surface area contributed by atoms with Gasteiger partial charge in [-0.05, 0) is 73.2 Å². The van der Waals surface area contributed by atoms with Crippen molar-refractivity contribution in [3.63, 3.8) is 0 Å². The molecule has 1 aromatic heterocycles. The van der Waals surface area contributed by atoms with Crippen molar-refractivity contribution in [3.05, 3.63) is 59.8 Å². The van der Waals surface area contributed by atoms with E-state index in [9.17, 15) is 14.9 Å². The first-order valence-electron chi connectivity index (χ1n) is 12.2. The van der Waals surface area contributed by atoms with Crippen LogP contribution in [0, 0.1) is 28.9 Å². The van der Waals surface area contributed by atoms with Crippen molar-refractivity contribution in [1.29, 1.82) is 0 Å². The second-order valence-electron chi connectivity index (χ2n) is 9.23. The number of ketones is 1. The summed E-state index contributed by atoms with van der Waals surface area (Å²) in [4.78, 5) is 34.2. The average Bonchev–Trinajstić information content (AvgIpc) is 3.22. The number of aryl methyl sites for hydroxylation is 1. The van der Waals surface area contributed by atoms with Gasteiger partial charge in [-0.3, -0.25) is 19.9 Å². The van der Waals surface area contributed by atoms with Crippen LogP contribution in [0.2, 0.25) is 0 Å². The molecule has 10 heteroatoms. The molecular formula is C26H30BrN3O5S. The van der Waals surface area contributed by atoms with Crippen molar-refractivity contribution in [3.8, 4) is 11.5 Å². The Hall–Kier alpha value is -2.59. The Morgan fingerprint density at radius 3 is 2.61 bits per heavy atom. The van der Waals surface area contributed by atoms with Crippen LogP contribution in [0.1, 0.15) is 68.6 Å². The van der Waals surface area contributed by atoms with E-state index in [-0.39, 0.29) is 24.0 Å². The summed E-state index contributed by atoms with van der Waals surface area (Å²) in [5.74, 6) is -0.174. The number of benzene rings is 1. The third-order valence-corrected chi connectivity index (χ3v) is 8.03. The number of thiazole rings is 1. The summed E-state index contributed by atoms with van der Waals surface area (Å²) >= 11 is 5.14. The van der Waals surface area contributed by atoms with E-state index in [4.69, 9.17) is 9.47 Å². The number of Topliss-reactive ketones (excluding diaryl/α,β-unsaturated/α-hetero) is 1. The van der Waals surface area contributed by atoms with Gasteiger partial charge in [0.25, 0.3) is 5.70 Å². The highest BCUT2D eigenvalue weighted by Gasteiger charge is 2.48. The van der Waals surface area contributed by atoms with Crippen LogP contribution in [0.3, 0.4) is 0 Å². The number of hydrogen-bond acceptors (Lipinski definition) is 8. The molecule has 0 amide bonds. The molecule has 2 heterocycles. The normalized spacial score (nSPS) is 21.8. The summed E-state index contributed by atoms with van der Waals surface area (Å²) in [7, 11) is 0. The number of hydrogen-bond donors (Lipinski definition) is 0. The van der Waals surface area contributed by atoms with Crippen molar-refractivity contribution in [2.24, 2.45) is 16.8 Å². The maximum absolute atomic E-state index is 13.4.